The molecule has 0 atom stereocenters. The van der Waals surface area contributed by atoms with Crippen molar-refractivity contribution in [3.63, 3.8) is 0 Å². The fourth-order valence-corrected chi connectivity index (χ4v) is 1.74. The van der Waals surface area contributed by atoms with Gasteiger partial charge in [-0.2, -0.15) is 4.98 Å². The van der Waals surface area contributed by atoms with Crippen molar-refractivity contribution in [2.75, 3.05) is 12.8 Å². The Hall–Kier alpha value is -1.62. The Morgan fingerprint density at radius 1 is 1.25 bits per heavy atom. The lowest BCUT2D eigenvalue weighted by Crippen LogP contribution is -1.99. The summed E-state index contributed by atoms with van der Waals surface area (Å²) in [4.78, 5) is 8.09. The van der Waals surface area contributed by atoms with Crippen molar-refractivity contribution in [3.05, 3.63) is 34.8 Å². The molecule has 2 rings (SSSR count). The number of nitrogens with zero attached hydrogens (tertiary/aromatic N) is 2. The molecule has 0 bridgehead atoms. The topological polar surface area (TPSA) is 61.0 Å². The van der Waals surface area contributed by atoms with Gasteiger partial charge in [-0.05, 0) is 12.1 Å². The van der Waals surface area contributed by atoms with Crippen molar-refractivity contribution in [1.82, 2.24) is 9.97 Å². The lowest BCUT2D eigenvalue weighted by molar-refractivity contribution is 0.398. The molecule has 0 aliphatic heterocycles. The number of rotatable bonds is 2. The van der Waals surface area contributed by atoms with Gasteiger partial charge >= 0.3 is 0 Å². The predicted octanol–water partition coefficient (Wildman–Crippen LogP) is 2.50. The minimum Gasteiger partial charge on any atom is -0.481 e. The maximum absolute atomic E-state index is 5.60. The van der Waals surface area contributed by atoms with Gasteiger partial charge in [0, 0.05) is 16.1 Å². The van der Waals surface area contributed by atoms with Gasteiger partial charge in [0.1, 0.15) is 0 Å². The van der Waals surface area contributed by atoms with Crippen LogP contribution in [0, 0.1) is 0 Å². The molecule has 1 heterocycles. The quantitative estimate of drug-likeness (QED) is 0.918. The number of anilines is 1. The van der Waals surface area contributed by atoms with E-state index >= 15 is 0 Å². The first-order valence-corrected chi connectivity index (χ1v) is 5.43. The molecule has 0 radical (unpaired) electrons. The number of nitrogens with two attached hydrogens (primary N) is 1. The number of benzene rings is 1. The Balaban J connectivity index is 2.51. The van der Waals surface area contributed by atoms with E-state index in [0.29, 0.717) is 5.88 Å². The first-order valence-electron chi connectivity index (χ1n) is 4.63. The molecule has 0 saturated carbocycles. The highest BCUT2D eigenvalue weighted by Gasteiger charge is 2.05. The molecule has 0 aliphatic carbocycles. The Morgan fingerprint density at radius 3 is 2.75 bits per heavy atom. The van der Waals surface area contributed by atoms with Gasteiger partial charge in [0.25, 0.3) is 0 Å². The number of halogens is 1. The van der Waals surface area contributed by atoms with E-state index in [2.05, 4.69) is 25.9 Å². The Kier molecular flexibility index (Phi) is 3.05. The molecular formula is C11H10BrN3O. The molecule has 0 saturated heterocycles. The van der Waals surface area contributed by atoms with Crippen molar-refractivity contribution in [1.29, 1.82) is 0 Å². The summed E-state index contributed by atoms with van der Waals surface area (Å²) in [6.07, 6.45) is 0. The van der Waals surface area contributed by atoms with Crippen LogP contribution in [0.25, 0.3) is 11.3 Å². The van der Waals surface area contributed by atoms with Crippen LogP contribution in [0.3, 0.4) is 0 Å². The van der Waals surface area contributed by atoms with E-state index < -0.39 is 0 Å². The van der Waals surface area contributed by atoms with Gasteiger partial charge in [-0.25, -0.2) is 4.98 Å². The highest BCUT2D eigenvalue weighted by Crippen LogP contribution is 2.24. The van der Waals surface area contributed by atoms with Crippen molar-refractivity contribution in [3.8, 4) is 17.1 Å². The summed E-state index contributed by atoms with van der Waals surface area (Å²) in [5, 5.41) is 0. The van der Waals surface area contributed by atoms with Crippen LogP contribution in [-0.4, -0.2) is 17.1 Å². The summed E-state index contributed by atoms with van der Waals surface area (Å²) in [5.74, 6) is 0.664. The third kappa shape index (κ3) is 2.30. The summed E-state index contributed by atoms with van der Waals surface area (Å²) in [6, 6.07) is 9.54. The zero-order valence-corrected chi connectivity index (χ0v) is 10.2. The van der Waals surface area contributed by atoms with Gasteiger partial charge in [-0.15, -0.1) is 0 Å². The number of hydrogen-bond acceptors (Lipinski definition) is 4. The molecule has 1 aromatic carbocycles. The van der Waals surface area contributed by atoms with Gasteiger partial charge in [0.05, 0.1) is 12.8 Å². The van der Waals surface area contributed by atoms with Gasteiger partial charge in [-0.1, -0.05) is 28.1 Å². The van der Waals surface area contributed by atoms with Crippen LogP contribution in [0.15, 0.2) is 34.8 Å². The minimum absolute atomic E-state index is 0.203. The van der Waals surface area contributed by atoms with E-state index in [-0.39, 0.29) is 5.95 Å². The fourth-order valence-electron chi connectivity index (χ4n) is 1.34. The summed E-state index contributed by atoms with van der Waals surface area (Å²) in [7, 11) is 1.55. The lowest BCUT2D eigenvalue weighted by atomic mass is 10.1. The lowest BCUT2D eigenvalue weighted by Gasteiger charge is -2.05. The van der Waals surface area contributed by atoms with Crippen LogP contribution < -0.4 is 10.5 Å². The van der Waals surface area contributed by atoms with Crippen LogP contribution in [0.2, 0.25) is 0 Å². The van der Waals surface area contributed by atoms with Crippen LogP contribution in [0.5, 0.6) is 5.88 Å². The third-order valence-corrected chi connectivity index (χ3v) is 2.54. The van der Waals surface area contributed by atoms with E-state index in [1.807, 2.05) is 24.3 Å². The number of hydrogen-bond donors (Lipinski definition) is 1. The molecule has 1 aromatic heterocycles. The molecule has 0 unspecified atom stereocenters. The van der Waals surface area contributed by atoms with Gasteiger partial charge < -0.3 is 10.5 Å². The second-order valence-corrected chi connectivity index (χ2v) is 4.08. The van der Waals surface area contributed by atoms with Crippen molar-refractivity contribution >= 4 is 21.9 Å². The number of methoxy groups -OCH3 is 1. The van der Waals surface area contributed by atoms with Crippen LogP contribution in [0.1, 0.15) is 0 Å². The van der Waals surface area contributed by atoms with Crippen molar-refractivity contribution in [2.45, 2.75) is 0 Å². The molecule has 5 heteroatoms. The standard InChI is InChI=1S/C11H10BrN3O/c1-16-10-6-9(14-11(13)15-10)7-3-2-4-8(12)5-7/h2-6H,1H3,(H2,13,14,15). The highest BCUT2D eigenvalue weighted by atomic mass is 79.9. The summed E-state index contributed by atoms with van der Waals surface area (Å²) < 4.78 is 6.03. The average Bonchev–Trinajstić information content (AvgIpc) is 2.28. The molecule has 2 aromatic rings. The van der Waals surface area contributed by atoms with Crippen molar-refractivity contribution < 1.29 is 4.74 Å². The van der Waals surface area contributed by atoms with E-state index in [1.165, 1.54) is 0 Å². The number of nitrogen functional groups attached to an aromatic ring is 1. The Bertz CT molecular complexity index is 516. The first-order chi connectivity index (χ1) is 7.69. The second kappa shape index (κ2) is 4.49. The molecule has 0 spiro atoms. The molecule has 16 heavy (non-hydrogen) atoms. The van der Waals surface area contributed by atoms with Gasteiger partial charge in [-0.3, -0.25) is 0 Å². The molecule has 2 N–H and O–H groups in total. The maximum atomic E-state index is 5.60. The molecule has 0 amide bonds. The number of aromatic nitrogens is 2. The zero-order chi connectivity index (χ0) is 11.5. The summed E-state index contributed by atoms with van der Waals surface area (Å²) in [6.45, 7) is 0. The largest absolute Gasteiger partial charge is 0.481 e. The normalized spacial score (nSPS) is 10.1. The molecule has 0 aliphatic rings. The van der Waals surface area contributed by atoms with Crippen LogP contribution in [0.4, 0.5) is 5.95 Å². The second-order valence-electron chi connectivity index (χ2n) is 3.16. The smallest absolute Gasteiger partial charge is 0.223 e. The first kappa shape index (κ1) is 10.9. The highest BCUT2D eigenvalue weighted by molar-refractivity contribution is 9.10. The zero-order valence-electron chi connectivity index (χ0n) is 8.64. The van der Waals surface area contributed by atoms with Crippen LogP contribution >= 0.6 is 15.9 Å². The number of ether oxygens (including phenoxy) is 1. The molecule has 4 nitrogen and oxygen atoms in total. The Morgan fingerprint density at radius 2 is 2.06 bits per heavy atom. The molecule has 82 valence electrons. The van der Waals surface area contributed by atoms with Gasteiger partial charge in [0.2, 0.25) is 11.8 Å². The Labute approximate surface area is 102 Å². The van der Waals surface area contributed by atoms with E-state index in [9.17, 15) is 0 Å². The van der Waals surface area contributed by atoms with Crippen LogP contribution in [-0.2, 0) is 0 Å². The summed E-state index contributed by atoms with van der Waals surface area (Å²) >= 11 is 3.41. The predicted molar refractivity (Wildman–Crippen MR) is 66.1 cm³/mol. The average molecular weight is 280 g/mol. The van der Waals surface area contributed by atoms with Gasteiger partial charge in [0.15, 0.2) is 0 Å². The third-order valence-electron chi connectivity index (χ3n) is 2.05. The minimum atomic E-state index is 0.203. The van der Waals surface area contributed by atoms with E-state index in [4.69, 9.17) is 10.5 Å². The SMILES string of the molecule is COc1cc(-c2cccc(Br)c2)nc(N)n1. The fraction of sp³-hybridized carbons (Fsp3) is 0.0909. The monoisotopic (exact) mass is 279 g/mol. The van der Waals surface area contributed by atoms with E-state index in [0.717, 1.165) is 15.7 Å². The van der Waals surface area contributed by atoms with Crippen molar-refractivity contribution in [2.24, 2.45) is 0 Å². The molecular weight excluding hydrogens is 270 g/mol. The maximum Gasteiger partial charge on any atom is 0.223 e. The molecule has 0 fully saturated rings. The van der Waals surface area contributed by atoms with E-state index in [1.54, 1.807) is 13.2 Å². The summed E-state index contributed by atoms with van der Waals surface area (Å²) in [5.41, 5.74) is 7.30.